The van der Waals surface area contributed by atoms with Gasteiger partial charge in [0.25, 0.3) is 0 Å². The van der Waals surface area contributed by atoms with E-state index < -0.39 is 86.8 Å². The van der Waals surface area contributed by atoms with Gasteiger partial charge in [-0.25, -0.2) is 0 Å². The molecule has 2 rings (SSSR count). The number of nitrogens with one attached hydrogen (secondary N) is 1. The van der Waals surface area contributed by atoms with Gasteiger partial charge in [0.05, 0.1) is 32.0 Å². The average Bonchev–Trinajstić information content (AvgIpc) is 3.47. The van der Waals surface area contributed by atoms with Crippen LogP contribution in [0.15, 0.2) is 36.5 Å². The maximum atomic E-state index is 13.3. The molecule has 0 aliphatic carbocycles. The fourth-order valence-electron chi connectivity index (χ4n) is 11.1. The van der Waals surface area contributed by atoms with Crippen LogP contribution < -0.4 is 5.32 Å². The number of allylic oxidation sites excluding steroid dienone is 5. The lowest BCUT2D eigenvalue weighted by atomic mass is 9.97. The number of ether oxygens (including phenoxy) is 4. The first-order chi connectivity index (χ1) is 39.6. The van der Waals surface area contributed by atoms with Crippen molar-refractivity contribution < 1.29 is 64.6 Å². The number of rotatable bonds is 55. The van der Waals surface area contributed by atoms with Gasteiger partial charge < -0.3 is 65.1 Å². The molecule has 2 heterocycles. The van der Waals surface area contributed by atoms with Gasteiger partial charge in [-0.2, -0.15) is 0 Å². The van der Waals surface area contributed by atoms with Crippen LogP contribution in [0.2, 0.25) is 0 Å². The summed E-state index contributed by atoms with van der Waals surface area (Å²) in [5.41, 5.74) is 0. The van der Waals surface area contributed by atoms with Gasteiger partial charge in [-0.05, 0) is 51.4 Å². The fraction of sp³-hybridized carbons (Fsp3) is 0.896. The standard InChI is InChI=1S/C67H125NO13/c1-3-5-7-9-11-13-15-17-19-20-21-22-23-24-25-26-27-28-29-30-31-32-33-34-35-37-38-40-42-44-46-48-50-56(71)55(68-59(72)51-49-47-45-43-41-39-36-18-16-14-12-10-8-6-4-2)54-78-66-64(77)62(75)65(58(53-70)80-66)81-67-63(76)61(74)60(73)57(52-69)79-67/h12,14,18,36,48,50,55-58,60-67,69-71,73-77H,3-11,13,15-17,19-35,37-47,49,51-54H2,1-2H3,(H,68,72)/b14-12-,36-18-,50-48+. The number of carbonyl (C=O) groups is 1. The highest BCUT2D eigenvalue weighted by Crippen LogP contribution is 2.30. The van der Waals surface area contributed by atoms with Crippen LogP contribution in [0.1, 0.15) is 290 Å². The van der Waals surface area contributed by atoms with Crippen molar-refractivity contribution in [1.82, 2.24) is 5.32 Å². The molecule has 12 atom stereocenters. The number of aliphatic hydroxyl groups is 8. The van der Waals surface area contributed by atoms with Crippen molar-refractivity contribution >= 4 is 5.91 Å². The van der Waals surface area contributed by atoms with Crippen molar-refractivity contribution in [3.8, 4) is 0 Å². The SMILES string of the molecule is CCCCC/C=C\C/C=C\CCCCCCCC(=O)NC(COC1OC(CO)C(OC2OC(CO)C(O)C(O)C2O)C(O)C1O)C(O)/C=C/CCCCCCCCCCCCCCCCCCCCCCCCCCCCCCCC. The number of unbranched alkanes of at least 4 members (excludes halogenated alkanes) is 38. The average molecular weight is 1150 g/mol. The van der Waals surface area contributed by atoms with E-state index in [1.165, 1.54) is 199 Å². The molecule has 0 radical (unpaired) electrons. The summed E-state index contributed by atoms with van der Waals surface area (Å²) >= 11 is 0. The highest BCUT2D eigenvalue weighted by Gasteiger charge is 2.51. The fourth-order valence-corrected chi connectivity index (χ4v) is 11.1. The molecular formula is C67H125NO13. The Kier molecular flexibility index (Phi) is 48.8. The summed E-state index contributed by atoms with van der Waals surface area (Å²) in [7, 11) is 0. The highest BCUT2D eigenvalue weighted by molar-refractivity contribution is 5.76. The van der Waals surface area contributed by atoms with Crippen LogP contribution in [0.5, 0.6) is 0 Å². The molecule has 0 bridgehead atoms. The van der Waals surface area contributed by atoms with Gasteiger partial charge in [-0.15, -0.1) is 0 Å². The Morgan fingerprint density at radius 3 is 1.26 bits per heavy atom. The molecule has 9 N–H and O–H groups in total. The minimum absolute atomic E-state index is 0.251. The molecule has 0 aromatic carbocycles. The largest absolute Gasteiger partial charge is 0.394 e. The van der Waals surface area contributed by atoms with Gasteiger partial charge in [-0.3, -0.25) is 4.79 Å². The van der Waals surface area contributed by atoms with Crippen molar-refractivity contribution in [2.45, 2.75) is 364 Å². The van der Waals surface area contributed by atoms with Crippen molar-refractivity contribution in [1.29, 1.82) is 0 Å². The van der Waals surface area contributed by atoms with E-state index >= 15 is 0 Å². The Hall–Kier alpha value is -1.79. The first-order valence-corrected chi connectivity index (χ1v) is 33.7. The lowest BCUT2D eigenvalue weighted by Gasteiger charge is -2.46. The second-order valence-corrected chi connectivity index (χ2v) is 24.0. The van der Waals surface area contributed by atoms with Crippen molar-refractivity contribution in [2.24, 2.45) is 0 Å². The normalized spacial score (nSPS) is 24.3. The van der Waals surface area contributed by atoms with Crippen LogP contribution in [0, 0.1) is 0 Å². The van der Waals surface area contributed by atoms with Crippen LogP contribution in [0.4, 0.5) is 0 Å². The molecule has 12 unspecified atom stereocenters. The molecule has 0 aromatic heterocycles. The summed E-state index contributed by atoms with van der Waals surface area (Å²) in [6.07, 6.45) is 49.3. The molecule has 81 heavy (non-hydrogen) atoms. The van der Waals surface area contributed by atoms with Gasteiger partial charge in [0.1, 0.15) is 48.8 Å². The zero-order chi connectivity index (χ0) is 58.8. The first kappa shape index (κ1) is 75.3. The molecule has 14 nitrogen and oxygen atoms in total. The summed E-state index contributed by atoms with van der Waals surface area (Å²) in [6.45, 7) is 2.79. The van der Waals surface area contributed by atoms with Crippen LogP contribution in [-0.2, 0) is 23.7 Å². The number of hydrogen-bond acceptors (Lipinski definition) is 13. The number of aliphatic hydroxyl groups excluding tert-OH is 8. The zero-order valence-corrected chi connectivity index (χ0v) is 51.5. The van der Waals surface area contributed by atoms with E-state index in [1.807, 2.05) is 6.08 Å². The predicted octanol–water partition coefficient (Wildman–Crippen LogP) is 13.0. The third-order valence-corrected chi connectivity index (χ3v) is 16.6. The summed E-state index contributed by atoms with van der Waals surface area (Å²) in [5, 5.41) is 87.2. The minimum Gasteiger partial charge on any atom is -0.394 e. The smallest absolute Gasteiger partial charge is 0.220 e. The summed E-state index contributed by atoms with van der Waals surface area (Å²) < 4.78 is 22.8. The monoisotopic (exact) mass is 1150 g/mol. The van der Waals surface area contributed by atoms with Crippen LogP contribution >= 0.6 is 0 Å². The molecule has 0 spiro atoms. The Balaban J connectivity index is 1.66. The lowest BCUT2D eigenvalue weighted by molar-refractivity contribution is -0.359. The van der Waals surface area contributed by atoms with E-state index in [9.17, 15) is 45.6 Å². The molecule has 2 saturated heterocycles. The van der Waals surface area contributed by atoms with E-state index in [-0.39, 0.29) is 18.9 Å². The summed E-state index contributed by atoms with van der Waals surface area (Å²) in [4.78, 5) is 13.3. The third-order valence-electron chi connectivity index (χ3n) is 16.6. The Morgan fingerprint density at radius 2 is 0.815 bits per heavy atom. The van der Waals surface area contributed by atoms with Gasteiger partial charge in [0, 0.05) is 6.42 Å². The lowest BCUT2D eigenvalue weighted by Crippen LogP contribution is -2.65. The zero-order valence-electron chi connectivity index (χ0n) is 51.5. The van der Waals surface area contributed by atoms with Crippen molar-refractivity contribution in [2.75, 3.05) is 19.8 Å². The highest BCUT2D eigenvalue weighted by atomic mass is 16.7. The molecule has 2 fully saturated rings. The van der Waals surface area contributed by atoms with Gasteiger partial charge in [0.15, 0.2) is 12.6 Å². The Bertz CT molecular complexity index is 1500. The number of hydrogen-bond donors (Lipinski definition) is 9. The first-order valence-electron chi connectivity index (χ1n) is 33.7. The summed E-state index contributed by atoms with van der Waals surface area (Å²) in [6, 6.07) is -0.922. The van der Waals surface area contributed by atoms with Gasteiger partial charge >= 0.3 is 0 Å². The maximum absolute atomic E-state index is 13.3. The van der Waals surface area contributed by atoms with Gasteiger partial charge in [-0.1, -0.05) is 269 Å². The Labute approximate surface area is 493 Å². The van der Waals surface area contributed by atoms with Crippen molar-refractivity contribution in [3.05, 3.63) is 36.5 Å². The minimum atomic E-state index is -1.79. The number of amides is 1. The molecular weight excluding hydrogens is 1030 g/mol. The van der Waals surface area contributed by atoms with E-state index in [2.05, 4.69) is 43.5 Å². The summed E-state index contributed by atoms with van der Waals surface area (Å²) in [5.74, 6) is -0.251. The number of carbonyl (C=O) groups excluding carboxylic acids is 1. The van der Waals surface area contributed by atoms with Crippen LogP contribution in [0.3, 0.4) is 0 Å². The molecule has 0 saturated carbocycles. The second kappa shape index (κ2) is 52.5. The van der Waals surface area contributed by atoms with Crippen LogP contribution in [0.25, 0.3) is 0 Å². The molecule has 0 aromatic rings. The maximum Gasteiger partial charge on any atom is 0.220 e. The van der Waals surface area contributed by atoms with Crippen LogP contribution in [-0.4, -0.2) is 140 Å². The van der Waals surface area contributed by atoms with E-state index in [0.29, 0.717) is 6.42 Å². The predicted molar refractivity (Wildman–Crippen MR) is 328 cm³/mol. The topological polar surface area (TPSA) is 228 Å². The third kappa shape index (κ3) is 37.4. The van der Waals surface area contributed by atoms with E-state index in [1.54, 1.807) is 6.08 Å². The Morgan fingerprint density at radius 1 is 0.444 bits per heavy atom. The van der Waals surface area contributed by atoms with E-state index in [4.69, 9.17) is 18.9 Å². The van der Waals surface area contributed by atoms with Gasteiger partial charge in [0.2, 0.25) is 5.91 Å². The molecule has 1 amide bonds. The molecule has 2 aliphatic heterocycles. The van der Waals surface area contributed by atoms with E-state index in [0.717, 1.165) is 64.2 Å². The molecule has 476 valence electrons. The van der Waals surface area contributed by atoms with Crippen molar-refractivity contribution in [3.63, 3.8) is 0 Å². The second-order valence-electron chi connectivity index (χ2n) is 24.0. The molecule has 14 heteroatoms. The quantitative estimate of drug-likeness (QED) is 0.0204. The molecule has 2 aliphatic rings.